The zero-order valence-electron chi connectivity index (χ0n) is 11.7. The maximum Gasteiger partial charge on any atom is 0.161 e. The molecule has 1 heterocycles. The van der Waals surface area contributed by atoms with E-state index in [1.165, 1.54) is 0 Å². The standard InChI is InChI=1S/C16H18ClNO2/c1-3-19-16-7-13(8-17)4-5-15(16)20-11-14-6-12(2)9-18-10-14/h4-7,9-10H,3,8,11H2,1-2H3. The van der Waals surface area contributed by atoms with Gasteiger partial charge in [-0.3, -0.25) is 4.98 Å². The van der Waals surface area contributed by atoms with Crippen molar-refractivity contribution in [1.82, 2.24) is 4.98 Å². The monoisotopic (exact) mass is 291 g/mol. The van der Waals surface area contributed by atoms with Crippen molar-refractivity contribution in [2.24, 2.45) is 0 Å². The lowest BCUT2D eigenvalue weighted by atomic mass is 10.2. The topological polar surface area (TPSA) is 31.4 Å². The van der Waals surface area contributed by atoms with E-state index in [0.29, 0.717) is 19.1 Å². The summed E-state index contributed by atoms with van der Waals surface area (Å²) in [6, 6.07) is 7.81. The van der Waals surface area contributed by atoms with Gasteiger partial charge in [0, 0.05) is 23.8 Å². The van der Waals surface area contributed by atoms with Crippen LogP contribution in [0, 0.1) is 6.92 Å². The van der Waals surface area contributed by atoms with Gasteiger partial charge in [0.05, 0.1) is 6.61 Å². The second kappa shape index (κ2) is 7.15. The zero-order valence-corrected chi connectivity index (χ0v) is 12.5. The lowest BCUT2D eigenvalue weighted by Crippen LogP contribution is -2.00. The molecule has 0 bridgehead atoms. The number of pyridine rings is 1. The van der Waals surface area contributed by atoms with E-state index >= 15 is 0 Å². The van der Waals surface area contributed by atoms with Crippen molar-refractivity contribution >= 4 is 11.6 Å². The zero-order chi connectivity index (χ0) is 14.4. The molecule has 0 aliphatic carbocycles. The van der Waals surface area contributed by atoms with Crippen LogP contribution in [0.2, 0.25) is 0 Å². The molecule has 1 aromatic carbocycles. The van der Waals surface area contributed by atoms with Crippen molar-refractivity contribution in [2.45, 2.75) is 26.3 Å². The SMILES string of the molecule is CCOc1cc(CCl)ccc1OCc1cncc(C)c1. The minimum absolute atomic E-state index is 0.460. The van der Waals surface area contributed by atoms with Crippen molar-refractivity contribution in [1.29, 1.82) is 0 Å². The number of alkyl halides is 1. The molecule has 0 amide bonds. The number of aryl methyl sites for hydroxylation is 1. The third-order valence-corrected chi connectivity index (χ3v) is 3.10. The second-order valence-electron chi connectivity index (χ2n) is 4.51. The van der Waals surface area contributed by atoms with Crippen molar-refractivity contribution in [3.05, 3.63) is 53.3 Å². The molecule has 0 radical (unpaired) electrons. The molecular formula is C16H18ClNO2. The van der Waals surface area contributed by atoms with E-state index in [1.54, 1.807) is 6.20 Å². The molecule has 0 aliphatic rings. The number of ether oxygens (including phenoxy) is 2. The van der Waals surface area contributed by atoms with Crippen LogP contribution in [0.25, 0.3) is 0 Å². The van der Waals surface area contributed by atoms with Gasteiger partial charge in [0.2, 0.25) is 0 Å². The van der Waals surface area contributed by atoms with Gasteiger partial charge in [-0.05, 0) is 43.2 Å². The normalized spacial score (nSPS) is 10.3. The lowest BCUT2D eigenvalue weighted by molar-refractivity contribution is 0.269. The molecule has 0 aliphatic heterocycles. The minimum Gasteiger partial charge on any atom is -0.490 e. The van der Waals surface area contributed by atoms with Crippen LogP contribution in [0.5, 0.6) is 11.5 Å². The van der Waals surface area contributed by atoms with Crippen molar-refractivity contribution in [3.8, 4) is 11.5 Å². The molecule has 0 saturated heterocycles. The van der Waals surface area contributed by atoms with Gasteiger partial charge in [0.1, 0.15) is 6.61 Å². The molecule has 1 aromatic heterocycles. The minimum atomic E-state index is 0.460. The van der Waals surface area contributed by atoms with Gasteiger partial charge in [-0.15, -0.1) is 11.6 Å². The molecule has 2 aromatic rings. The first-order valence-electron chi connectivity index (χ1n) is 6.58. The van der Waals surface area contributed by atoms with Gasteiger partial charge in [0.25, 0.3) is 0 Å². The van der Waals surface area contributed by atoms with Gasteiger partial charge in [0.15, 0.2) is 11.5 Å². The Morgan fingerprint density at radius 1 is 1.05 bits per heavy atom. The van der Waals surface area contributed by atoms with E-state index in [0.717, 1.165) is 28.2 Å². The highest BCUT2D eigenvalue weighted by Gasteiger charge is 2.07. The van der Waals surface area contributed by atoms with E-state index in [4.69, 9.17) is 21.1 Å². The molecule has 0 spiro atoms. The van der Waals surface area contributed by atoms with E-state index in [9.17, 15) is 0 Å². The summed E-state index contributed by atoms with van der Waals surface area (Å²) in [5.41, 5.74) is 3.17. The summed E-state index contributed by atoms with van der Waals surface area (Å²) in [7, 11) is 0. The summed E-state index contributed by atoms with van der Waals surface area (Å²) in [6.45, 7) is 5.02. The Kier molecular flexibility index (Phi) is 5.24. The highest BCUT2D eigenvalue weighted by molar-refractivity contribution is 6.17. The van der Waals surface area contributed by atoms with E-state index in [2.05, 4.69) is 11.1 Å². The molecule has 106 valence electrons. The quantitative estimate of drug-likeness (QED) is 0.751. The molecule has 2 rings (SSSR count). The van der Waals surface area contributed by atoms with Crippen LogP contribution in [0.1, 0.15) is 23.6 Å². The van der Waals surface area contributed by atoms with Crippen LogP contribution in [-0.2, 0) is 12.5 Å². The highest BCUT2D eigenvalue weighted by atomic mass is 35.5. The molecule has 0 unspecified atom stereocenters. The van der Waals surface area contributed by atoms with Crippen LogP contribution >= 0.6 is 11.6 Å². The fourth-order valence-electron chi connectivity index (χ4n) is 1.88. The second-order valence-corrected chi connectivity index (χ2v) is 4.77. The van der Waals surface area contributed by atoms with Gasteiger partial charge in [-0.1, -0.05) is 6.07 Å². The highest BCUT2D eigenvalue weighted by Crippen LogP contribution is 2.29. The van der Waals surface area contributed by atoms with E-state index in [1.807, 2.05) is 38.2 Å². The number of benzene rings is 1. The van der Waals surface area contributed by atoms with Crippen LogP contribution in [-0.4, -0.2) is 11.6 Å². The summed E-state index contributed by atoms with van der Waals surface area (Å²) in [5.74, 6) is 1.91. The Balaban J connectivity index is 2.12. The largest absolute Gasteiger partial charge is 0.490 e. The molecule has 3 nitrogen and oxygen atoms in total. The predicted octanol–water partition coefficient (Wildman–Crippen LogP) is 4.11. The third kappa shape index (κ3) is 3.87. The Labute approximate surface area is 124 Å². The smallest absolute Gasteiger partial charge is 0.161 e. The number of halogens is 1. The third-order valence-electron chi connectivity index (χ3n) is 2.79. The number of hydrogen-bond donors (Lipinski definition) is 0. The molecular weight excluding hydrogens is 274 g/mol. The van der Waals surface area contributed by atoms with Gasteiger partial charge in [-0.25, -0.2) is 0 Å². The molecule has 0 fully saturated rings. The average molecular weight is 292 g/mol. The maximum absolute atomic E-state index is 5.84. The summed E-state index contributed by atoms with van der Waals surface area (Å²) in [4.78, 5) is 4.15. The summed E-state index contributed by atoms with van der Waals surface area (Å²) in [6.07, 6.45) is 3.63. The fourth-order valence-corrected chi connectivity index (χ4v) is 2.05. The average Bonchev–Trinajstić information content (AvgIpc) is 2.46. The molecule has 0 N–H and O–H groups in total. The first-order valence-corrected chi connectivity index (χ1v) is 7.11. The Morgan fingerprint density at radius 2 is 1.90 bits per heavy atom. The lowest BCUT2D eigenvalue weighted by Gasteiger charge is -2.13. The van der Waals surface area contributed by atoms with Crippen molar-refractivity contribution in [3.63, 3.8) is 0 Å². The Bertz CT molecular complexity index is 572. The first kappa shape index (κ1) is 14.7. The molecule has 20 heavy (non-hydrogen) atoms. The predicted molar refractivity (Wildman–Crippen MR) is 80.5 cm³/mol. The molecule has 0 atom stereocenters. The number of hydrogen-bond acceptors (Lipinski definition) is 3. The van der Waals surface area contributed by atoms with E-state index in [-0.39, 0.29) is 0 Å². The summed E-state index contributed by atoms with van der Waals surface area (Å²) < 4.78 is 11.4. The van der Waals surface area contributed by atoms with Crippen LogP contribution in [0.3, 0.4) is 0 Å². The van der Waals surface area contributed by atoms with Crippen molar-refractivity contribution < 1.29 is 9.47 Å². The van der Waals surface area contributed by atoms with Crippen LogP contribution < -0.4 is 9.47 Å². The number of nitrogens with zero attached hydrogens (tertiary/aromatic N) is 1. The summed E-state index contributed by atoms with van der Waals surface area (Å²) in [5, 5.41) is 0. The van der Waals surface area contributed by atoms with Gasteiger partial charge < -0.3 is 9.47 Å². The summed E-state index contributed by atoms with van der Waals surface area (Å²) >= 11 is 5.84. The van der Waals surface area contributed by atoms with Gasteiger partial charge in [-0.2, -0.15) is 0 Å². The van der Waals surface area contributed by atoms with Crippen LogP contribution in [0.4, 0.5) is 0 Å². The fraction of sp³-hybridized carbons (Fsp3) is 0.312. The van der Waals surface area contributed by atoms with Crippen molar-refractivity contribution in [2.75, 3.05) is 6.61 Å². The Hall–Kier alpha value is -1.74. The number of aromatic nitrogens is 1. The number of rotatable bonds is 6. The maximum atomic E-state index is 5.84. The van der Waals surface area contributed by atoms with Gasteiger partial charge >= 0.3 is 0 Å². The first-order chi connectivity index (χ1) is 9.72. The van der Waals surface area contributed by atoms with E-state index < -0.39 is 0 Å². The van der Waals surface area contributed by atoms with Crippen LogP contribution in [0.15, 0.2) is 36.7 Å². The Morgan fingerprint density at radius 3 is 2.60 bits per heavy atom. The molecule has 4 heteroatoms. The molecule has 0 saturated carbocycles.